The van der Waals surface area contributed by atoms with E-state index in [-0.39, 0.29) is 35.9 Å². The highest BCUT2D eigenvalue weighted by molar-refractivity contribution is 5.84. The monoisotopic (exact) mass is 428 g/mol. The average molecular weight is 429 g/mol. The molecule has 8 heteroatoms. The first-order valence-electron chi connectivity index (χ1n) is 11.5. The van der Waals surface area contributed by atoms with Gasteiger partial charge in [0.25, 0.3) is 0 Å². The van der Waals surface area contributed by atoms with Crippen LogP contribution < -0.4 is 10.2 Å². The van der Waals surface area contributed by atoms with Gasteiger partial charge in [-0.05, 0) is 43.4 Å². The standard InChI is InChI=1S/C23H32N4O4/c1-30-18-5-2-16(3-6-18)15-26-21-14-17(22(28)25-10-12-31-13-11-25)4-7-19(21)27-20(23(26)29)8-9-24-27/h2-3,5-6,17,19-21,24H,4,7-15H2,1H3. The van der Waals surface area contributed by atoms with E-state index in [1.807, 2.05) is 29.2 Å². The first-order chi connectivity index (χ1) is 15.2. The molecule has 4 aliphatic rings. The fourth-order valence-corrected chi connectivity index (χ4v) is 5.70. The van der Waals surface area contributed by atoms with Gasteiger partial charge >= 0.3 is 0 Å². The maximum Gasteiger partial charge on any atom is 0.242 e. The zero-order chi connectivity index (χ0) is 21.4. The molecule has 1 aromatic carbocycles. The minimum absolute atomic E-state index is 0.0235. The van der Waals surface area contributed by atoms with Crippen LogP contribution in [0, 0.1) is 5.92 Å². The molecule has 3 heterocycles. The predicted octanol–water partition coefficient (Wildman–Crippen LogP) is 1.01. The molecule has 1 aliphatic carbocycles. The Bertz CT molecular complexity index is 810. The number of methoxy groups -OCH3 is 1. The summed E-state index contributed by atoms with van der Waals surface area (Å²) in [4.78, 5) is 30.7. The van der Waals surface area contributed by atoms with E-state index in [2.05, 4.69) is 15.3 Å². The SMILES string of the molecule is COc1ccc(CN2C(=O)C3CCNN3C3CCC(C(=O)N4CCOCC4)CC32)cc1. The van der Waals surface area contributed by atoms with Gasteiger partial charge in [-0.25, -0.2) is 5.01 Å². The van der Waals surface area contributed by atoms with E-state index in [1.54, 1.807) is 7.11 Å². The van der Waals surface area contributed by atoms with Gasteiger partial charge in [-0.1, -0.05) is 12.1 Å². The number of benzene rings is 1. The number of hydrogen-bond acceptors (Lipinski definition) is 6. The van der Waals surface area contributed by atoms with E-state index in [4.69, 9.17) is 9.47 Å². The van der Waals surface area contributed by atoms with E-state index >= 15 is 0 Å². The van der Waals surface area contributed by atoms with Crippen molar-refractivity contribution in [2.45, 2.75) is 50.4 Å². The maximum absolute atomic E-state index is 13.5. The van der Waals surface area contributed by atoms with E-state index in [1.165, 1.54) is 0 Å². The summed E-state index contributed by atoms with van der Waals surface area (Å²) < 4.78 is 10.7. The van der Waals surface area contributed by atoms with Crippen LogP contribution in [-0.2, 0) is 20.9 Å². The van der Waals surface area contributed by atoms with E-state index in [0.717, 1.165) is 43.5 Å². The van der Waals surface area contributed by atoms with E-state index < -0.39 is 0 Å². The molecule has 1 N–H and O–H groups in total. The number of hydrazine groups is 1. The van der Waals surface area contributed by atoms with E-state index in [0.29, 0.717) is 32.8 Å². The normalized spacial score (nSPS) is 31.3. The Morgan fingerprint density at radius 2 is 1.90 bits per heavy atom. The van der Waals surface area contributed by atoms with Crippen LogP contribution in [0.3, 0.4) is 0 Å². The van der Waals surface area contributed by atoms with Crippen molar-refractivity contribution in [2.75, 3.05) is 40.0 Å². The number of nitrogens with one attached hydrogen (secondary N) is 1. The van der Waals surface area contributed by atoms with Crippen LogP contribution in [0.2, 0.25) is 0 Å². The van der Waals surface area contributed by atoms with Crippen molar-refractivity contribution in [3.63, 3.8) is 0 Å². The molecule has 168 valence electrons. The Morgan fingerprint density at radius 1 is 1.13 bits per heavy atom. The van der Waals surface area contributed by atoms with Gasteiger partial charge in [-0.3, -0.25) is 15.0 Å². The highest BCUT2D eigenvalue weighted by Gasteiger charge is 2.51. The summed E-state index contributed by atoms with van der Waals surface area (Å²) in [5.41, 5.74) is 4.54. The summed E-state index contributed by atoms with van der Waals surface area (Å²) >= 11 is 0. The molecule has 5 rings (SSSR count). The van der Waals surface area contributed by atoms with Gasteiger partial charge in [0.1, 0.15) is 11.8 Å². The van der Waals surface area contributed by atoms with Crippen LogP contribution in [-0.4, -0.2) is 84.7 Å². The molecule has 3 aliphatic heterocycles. The number of amides is 2. The molecule has 0 radical (unpaired) electrons. The molecule has 0 aromatic heterocycles. The van der Waals surface area contributed by atoms with Crippen LogP contribution in [0.25, 0.3) is 0 Å². The van der Waals surface area contributed by atoms with Crippen LogP contribution >= 0.6 is 0 Å². The fraction of sp³-hybridized carbons (Fsp3) is 0.652. The minimum atomic E-state index is -0.0917. The first-order valence-corrected chi connectivity index (χ1v) is 11.5. The topological polar surface area (TPSA) is 74.4 Å². The second-order valence-corrected chi connectivity index (χ2v) is 9.02. The zero-order valence-electron chi connectivity index (χ0n) is 18.2. The van der Waals surface area contributed by atoms with Crippen molar-refractivity contribution in [3.05, 3.63) is 29.8 Å². The maximum atomic E-state index is 13.5. The summed E-state index contributed by atoms with van der Waals surface area (Å²) in [7, 11) is 1.66. The fourth-order valence-electron chi connectivity index (χ4n) is 5.70. The third kappa shape index (κ3) is 3.92. The lowest BCUT2D eigenvalue weighted by molar-refractivity contribution is -0.159. The number of rotatable bonds is 4. The third-order valence-electron chi connectivity index (χ3n) is 7.34. The van der Waals surface area contributed by atoms with Gasteiger partial charge in [-0.15, -0.1) is 0 Å². The lowest BCUT2D eigenvalue weighted by Gasteiger charge is -2.52. The van der Waals surface area contributed by atoms with Crippen LogP contribution in [0.4, 0.5) is 0 Å². The van der Waals surface area contributed by atoms with Crippen molar-refractivity contribution in [1.29, 1.82) is 0 Å². The molecule has 0 bridgehead atoms. The second kappa shape index (κ2) is 8.76. The number of piperazine rings is 1. The van der Waals surface area contributed by atoms with Gasteiger partial charge in [0.05, 0.1) is 20.3 Å². The molecule has 0 spiro atoms. The van der Waals surface area contributed by atoms with Crippen LogP contribution in [0.5, 0.6) is 5.75 Å². The van der Waals surface area contributed by atoms with Crippen LogP contribution in [0.1, 0.15) is 31.2 Å². The number of nitrogens with zero attached hydrogens (tertiary/aromatic N) is 3. The lowest BCUT2D eigenvalue weighted by atomic mass is 9.78. The minimum Gasteiger partial charge on any atom is -0.497 e. The number of morpholine rings is 1. The predicted molar refractivity (Wildman–Crippen MR) is 114 cm³/mol. The second-order valence-electron chi connectivity index (χ2n) is 9.02. The van der Waals surface area contributed by atoms with E-state index in [9.17, 15) is 9.59 Å². The van der Waals surface area contributed by atoms with Gasteiger partial charge in [0.2, 0.25) is 11.8 Å². The molecule has 8 nitrogen and oxygen atoms in total. The van der Waals surface area contributed by atoms with Gasteiger partial charge < -0.3 is 19.3 Å². The molecule has 1 saturated carbocycles. The van der Waals surface area contributed by atoms with Gasteiger partial charge in [0.15, 0.2) is 0 Å². The quantitative estimate of drug-likeness (QED) is 0.772. The number of carbonyl (C=O) groups is 2. The summed E-state index contributed by atoms with van der Waals surface area (Å²) in [5, 5.41) is 2.20. The van der Waals surface area contributed by atoms with Crippen molar-refractivity contribution in [1.82, 2.24) is 20.2 Å². The molecule has 4 atom stereocenters. The number of carbonyl (C=O) groups excluding carboxylic acids is 2. The van der Waals surface area contributed by atoms with Crippen molar-refractivity contribution in [3.8, 4) is 5.75 Å². The van der Waals surface area contributed by atoms with Crippen molar-refractivity contribution in [2.24, 2.45) is 5.92 Å². The molecular formula is C23H32N4O4. The Hall–Kier alpha value is -2.16. The zero-order valence-corrected chi connectivity index (χ0v) is 18.2. The van der Waals surface area contributed by atoms with Crippen molar-refractivity contribution < 1.29 is 19.1 Å². The molecule has 3 saturated heterocycles. The lowest BCUT2D eigenvalue weighted by Crippen LogP contribution is -2.68. The van der Waals surface area contributed by atoms with Gasteiger partial charge in [0, 0.05) is 44.2 Å². The largest absolute Gasteiger partial charge is 0.497 e. The smallest absolute Gasteiger partial charge is 0.242 e. The third-order valence-corrected chi connectivity index (χ3v) is 7.34. The number of hydrogen-bond donors (Lipinski definition) is 1. The van der Waals surface area contributed by atoms with Crippen molar-refractivity contribution >= 4 is 11.8 Å². The first kappa shape index (κ1) is 20.7. The summed E-state index contributed by atoms with van der Waals surface area (Å²) in [6, 6.07) is 8.15. The summed E-state index contributed by atoms with van der Waals surface area (Å²) in [6.45, 7) is 4.00. The molecule has 2 amide bonds. The molecule has 4 fully saturated rings. The highest BCUT2D eigenvalue weighted by atomic mass is 16.5. The summed E-state index contributed by atoms with van der Waals surface area (Å²) in [6.07, 6.45) is 3.39. The van der Waals surface area contributed by atoms with Crippen LogP contribution in [0.15, 0.2) is 24.3 Å². The number of fused-ring (bicyclic) bond motifs is 3. The average Bonchev–Trinajstić information content (AvgIpc) is 3.32. The molecular weight excluding hydrogens is 396 g/mol. The van der Waals surface area contributed by atoms with Gasteiger partial charge in [-0.2, -0.15) is 0 Å². The Kier molecular flexibility index (Phi) is 5.86. The Morgan fingerprint density at radius 3 is 2.65 bits per heavy atom. The molecule has 31 heavy (non-hydrogen) atoms. The molecule has 1 aromatic rings. The molecule has 4 unspecified atom stereocenters. The Balaban J connectivity index is 1.37. The Labute approximate surface area is 183 Å². The highest BCUT2D eigenvalue weighted by Crippen LogP contribution is 2.38. The summed E-state index contributed by atoms with van der Waals surface area (Å²) in [5.74, 6) is 1.20. The number of ether oxygens (including phenoxy) is 2.